The molecule has 0 amide bonds. The van der Waals surface area contributed by atoms with Gasteiger partial charge >= 0.3 is 0 Å². The first-order valence-corrected chi connectivity index (χ1v) is 4.93. The van der Waals surface area contributed by atoms with Crippen LogP contribution < -0.4 is 5.32 Å². The molecule has 14 heavy (non-hydrogen) atoms. The molecule has 0 unspecified atom stereocenters. The van der Waals surface area contributed by atoms with Gasteiger partial charge in [-0.2, -0.15) is 5.10 Å². The van der Waals surface area contributed by atoms with Crippen LogP contribution >= 0.6 is 0 Å². The Hall–Kier alpha value is -1.42. The average molecular weight is 188 g/mol. The van der Waals surface area contributed by atoms with Crippen LogP contribution in [0.1, 0.15) is 18.4 Å². The molecule has 72 valence electrons. The highest BCUT2D eigenvalue weighted by Gasteiger charge is 2.20. The van der Waals surface area contributed by atoms with E-state index >= 15 is 0 Å². The fourth-order valence-electron chi connectivity index (χ4n) is 1.56. The molecular formula is C10H12N4. The summed E-state index contributed by atoms with van der Waals surface area (Å²) in [5, 5.41) is 7.72. The lowest BCUT2D eigenvalue weighted by Gasteiger charge is -1.99. The van der Waals surface area contributed by atoms with Crippen molar-refractivity contribution in [3.63, 3.8) is 0 Å². The maximum atomic E-state index is 4.25. The van der Waals surface area contributed by atoms with Gasteiger partial charge in [-0.3, -0.25) is 4.98 Å². The van der Waals surface area contributed by atoms with Gasteiger partial charge in [0, 0.05) is 30.5 Å². The molecule has 0 spiro atoms. The van der Waals surface area contributed by atoms with E-state index in [4.69, 9.17) is 0 Å². The van der Waals surface area contributed by atoms with Crippen LogP contribution in [0.5, 0.6) is 0 Å². The van der Waals surface area contributed by atoms with Gasteiger partial charge in [0.2, 0.25) is 0 Å². The number of hydrogen-bond donors (Lipinski definition) is 1. The first-order valence-electron chi connectivity index (χ1n) is 4.93. The Kier molecular flexibility index (Phi) is 1.73. The van der Waals surface area contributed by atoms with E-state index in [-0.39, 0.29) is 0 Å². The molecular weight excluding hydrogens is 176 g/mol. The van der Waals surface area contributed by atoms with Crippen molar-refractivity contribution in [3.8, 4) is 0 Å². The minimum Gasteiger partial charge on any atom is -0.310 e. The van der Waals surface area contributed by atoms with Gasteiger partial charge in [0.25, 0.3) is 0 Å². The summed E-state index contributed by atoms with van der Waals surface area (Å²) in [5.74, 6) is 0. The van der Waals surface area contributed by atoms with E-state index in [9.17, 15) is 0 Å². The first-order chi connectivity index (χ1) is 6.93. The Bertz CT molecular complexity index is 444. The molecule has 0 radical (unpaired) electrons. The van der Waals surface area contributed by atoms with Crippen LogP contribution in [0.2, 0.25) is 0 Å². The summed E-state index contributed by atoms with van der Waals surface area (Å²) in [6.07, 6.45) is 10.0. The highest BCUT2D eigenvalue weighted by molar-refractivity contribution is 5.51. The van der Waals surface area contributed by atoms with Crippen LogP contribution in [0.3, 0.4) is 0 Å². The Balaban J connectivity index is 1.87. The molecule has 1 N–H and O–H groups in total. The third-order valence-electron chi connectivity index (χ3n) is 2.56. The Morgan fingerprint density at radius 1 is 1.43 bits per heavy atom. The number of rotatable bonds is 3. The van der Waals surface area contributed by atoms with Crippen LogP contribution in [0, 0.1) is 0 Å². The zero-order valence-corrected chi connectivity index (χ0v) is 7.85. The monoisotopic (exact) mass is 188 g/mol. The summed E-state index contributed by atoms with van der Waals surface area (Å²) in [7, 11) is 0. The van der Waals surface area contributed by atoms with Gasteiger partial charge in [0.15, 0.2) is 0 Å². The predicted octanol–water partition coefficient (Wildman–Crippen LogP) is 0.981. The molecule has 0 atom stereocenters. The minimum absolute atomic E-state index is 0.738. The highest BCUT2D eigenvalue weighted by atomic mass is 15.2. The first kappa shape index (κ1) is 7.94. The van der Waals surface area contributed by atoms with Crippen molar-refractivity contribution in [2.24, 2.45) is 0 Å². The molecule has 1 saturated carbocycles. The summed E-state index contributed by atoms with van der Waals surface area (Å²) in [4.78, 5) is 4.10. The molecule has 2 aromatic heterocycles. The topological polar surface area (TPSA) is 42.2 Å². The quantitative estimate of drug-likeness (QED) is 0.780. The van der Waals surface area contributed by atoms with E-state index in [2.05, 4.69) is 15.4 Å². The number of aromatic nitrogens is 3. The van der Waals surface area contributed by atoms with Crippen molar-refractivity contribution in [3.05, 3.63) is 30.4 Å². The molecule has 4 nitrogen and oxygen atoms in total. The van der Waals surface area contributed by atoms with E-state index in [0.717, 1.165) is 18.1 Å². The Morgan fingerprint density at radius 3 is 3.21 bits per heavy atom. The molecule has 0 bridgehead atoms. The standard InChI is InChI=1S/C10H12N4/c1-2-9(1)12-5-8-6-13-14-4-3-11-7-10(8)14/h3-4,6-7,9,12H,1-2,5H2. The highest BCUT2D eigenvalue weighted by Crippen LogP contribution is 2.19. The average Bonchev–Trinajstić information content (AvgIpc) is 2.96. The van der Waals surface area contributed by atoms with Gasteiger partial charge in [0.1, 0.15) is 0 Å². The van der Waals surface area contributed by atoms with E-state index in [1.165, 1.54) is 18.4 Å². The lowest BCUT2D eigenvalue weighted by atomic mass is 10.3. The second-order valence-electron chi connectivity index (χ2n) is 3.73. The van der Waals surface area contributed by atoms with Gasteiger partial charge in [-0.25, -0.2) is 4.52 Å². The summed E-state index contributed by atoms with van der Waals surface area (Å²) in [6.45, 7) is 0.903. The molecule has 2 heterocycles. The lowest BCUT2D eigenvalue weighted by Crippen LogP contribution is -2.14. The van der Waals surface area contributed by atoms with Gasteiger partial charge < -0.3 is 5.32 Å². The van der Waals surface area contributed by atoms with Gasteiger partial charge in [-0.15, -0.1) is 0 Å². The van der Waals surface area contributed by atoms with Crippen molar-refractivity contribution in [1.82, 2.24) is 19.9 Å². The number of fused-ring (bicyclic) bond motifs is 1. The van der Waals surface area contributed by atoms with Crippen LogP contribution in [0.4, 0.5) is 0 Å². The van der Waals surface area contributed by atoms with Gasteiger partial charge in [-0.05, 0) is 12.8 Å². The second kappa shape index (κ2) is 3.06. The fourth-order valence-corrected chi connectivity index (χ4v) is 1.56. The molecule has 1 fully saturated rings. The van der Waals surface area contributed by atoms with Gasteiger partial charge in [-0.1, -0.05) is 0 Å². The normalized spacial score (nSPS) is 16.3. The van der Waals surface area contributed by atoms with Gasteiger partial charge in [0.05, 0.1) is 17.9 Å². The molecule has 2 aromatic rings. The molecule has 1 aliphatic rings. The van der Waals surface area contributed by atoms with Crippen molar-refractivity contribution >= 4 is 5.52 Å². The van der Waals surface area contributed by atoms with Crippen LogP contribution in [-0.4, -0.2) is 20.6 Å². The van der Waals surface area contributed by atoms with E-state index < -0.39 is 0 Å². The maximum Gasteiger partial charge on any atom is 0.0889 e. The number of hydrogen-bond acceptors (Lipinski definition) is 3. The maximum absolute atomic E-state index is 4.25. The van der Waals surface area contributed by atoms with Crippen LogP contribution in [-0.2, 0) is 6.54 Å². The SMILES string of the molecule is c1cn2ncc(CNC3CC3)c2cn1. The molecule has 3 rings (SSSR count). The minimum atomic E-state index is 0.738. The van der Waals surface area contributed by atoms with Crippen molar-refractivity contribution in [2.75, 3.05) is 0 Å². The van der Waals surface area contributed by atoms with Crippen LogP contribution in [0.15, 0.2) is 24.8 Å². The van der Waals surface area contributed by atoms with E-state index in [1.54, 1.807) is 6.20 Å². The van der Waals surface area contributed by atoms with Crippen molar-refractivity contribution in [1.29, 1.82) is 0 Å². The zero-order chi connectivity index (χ0) is 9.38. The second-order valence-corrected chi connectivity index (χ2v) is 3.73. The molecule has 4 heteroatoms. The number of nitrogens with zero attached hydrogens (tertiary/aromatic N) is 3. The van der Waals surface area contributed by atoms with Crippen molar-refractivity contribution in [2.45, 2.75) is 25.4 Å². The zero-order valence-electron chi connectivity index (χ0n) is 7.85. The predicted molar refractivity (Wildman–Crippen MR) is 52.8 cm³/mol. The molecule has 0 saturated heterocycles. The summed E-state index contributed by atoms with van der Waals surface area (Å²) in [5.41, 5.74) is 2.32. The smallest absolute Gasteiger partial charge is 0.0889 e. The third-order valence-corrected chi connectivity index (χ3v) is 2.56. The van der Waals surface area contributed by atoms with Crippen LogP contribution in [0.25, 0.3) is 5.52 Å². The molecule has 0 aromatic carbocycles. The molecule has 1 aliphatic carbocycles. The Morgan fingerprint density at radius 2 is 2.36 bits per heavy atom. The largest absolute Gasteiger partial charge is 0.310 e. The Labute approximate surface area is 82.0 Å². The van der Waals surface area contributed by atoms with E-state index in [0.29, 0.717) is 0 Å². The lowest BCUT2D eigenvalue weighted by molar-refractivity contribution is 0.690. The van der Waals surface area contributed by atoms with E-state index in [1.807, 2.05) is 23.1 Å². The summed E-state index contributed by atoms with van der Waals surface area (Å²) < 4.78 is 1.86. The summed E-state index contributed by atoms with van der Waals surface area (Å²) >= 11 is 0. The fraction of sp³-hybridized carbons (Fsp3) is 0.400. The number of nitrogens with one attached hydrogen (secondary N) is 1. The third kappa shape index (κ3) is 1.37. The summed E-state index contributed by atoms with van der Waals surface area (Å²) in [6, 6.07) is 0.738. The molecule has 0 aliphatic heterocycles. The van der Waals surface area contributed by atoms with Crippen molar-refractivity contribution < 1.29 is 0 Å².